The largest absolute Gasteiger partial charge is 0.481 e. The number of unbranched alkanes of at least 4 members (excludes halogenated alkanes) is 2. The number of ether oxygens (including phenoxy) is 1. The Hall–Kier alpha value is -0.610. The Morgan fingerprint density at radius 1 is 1.38 bits per heavy atom. The third kappa shape index (κ3) is 9.93. The molecule has 1 aliphatic rings. The minimum atomic E-state index is -0.670. The molecule has 1 saturated heterocycles. The van der Waals surface area contributed by atoms with Crippen LogP contribution in [0.3, 0.4) is 0 Å². The number of carboxylic acids is 1. The average Bonchev–Trinajstić information content (AvgIpc) is 2.32. The molecule has 16 heavy (non-hydrogen) atoms. The van der Waals surface area contributed by atoms with Crippen LogP contribution in [0.2, 0.25) is 0 Å². The van der Waals surface area contributed by atoms with Crippen LogP contribution in [0.5, 0.6) is 0 Å². The number of hydrogen-bond acceptors (Lipinski definition) is 3. The zero-order chi connectivity index (χ0) is 12.2. The van der Waals surface area contributed by atoms with Gasteiger partial charge in [-0.1, -0.05) is 33.1 Å². The van der Waals surface area contributed by atoms with Crippen molar-refractivity contribution in [3.8, 4) is 0 Å². The highest BCUT2D eigenvalue weighted by Crippen LogP contribution is 2.08. The Balaban J connectivity index is 0.000000315. The number of carboxylic acid groups (broad SMARTS) is 1. The third-order valence-corrected chi connectivity index (χ3v) is 2.51. The van der Waals surface area contributed by atoms with Gasteiger partial charge in [0.1, 0.15) is 0 Å². The summed E-state index contributed by atoms with van der Waals surface area (Å²) in [7, 11) is 0. The lowest BCUT2D eigenvalue weighted by Crippen LogP contribution is -2.30. The fourth-order valence-electron chi connectivity index (χ4n) is 1.34. The van der Waals surface area contributed by atoms with Crippen LogP contribution >= 0.6 is 0 Å². The predicted molar refractivity (Wildman–Crippen MR) is 64.6 cm³/mol. The van der Waals surface area contributed by atoms with Crippen LogP contribution in [0.25, 0.3) is 0 Å². The molecule has 0 aromatic carbocycles. The van der Waals surface area contributed by atoms with Crippen LogP contribution in [-0.2, 0) is 9.53 Å². The number of morpholine rings is 1. The highest BCUT2D eigenvalue weighted by molar-refractivity contribution is 5.69. The molecule has 0 aromatic rings. The van der Waals surface area contributed by atoms with Crippen molar-refractivity contribution in [2.75, 3.05) is 26.3 Å². The SMILES string of the molecule is C1COCCN1.CCCCCC(C)C(=O)O. The van der Waals surface area contributed by atoms with Gasteiger partial charge in [0, 0.05) is 13.1 Å². The summed E-state index contributed by atoms with van der Waals surface area (Å²) in [6.45, 7) is 7.71. The maximum Gasteiger partial charge on any atom is 0.306 e. The maximum atomic E-state index is 10.3. The molecule has 1 heterocycles. The number of carbonyl (C=O) groups is 1. The molecule has 2 N–H and O–H groups in total. The highest BCUT2D eigenvalue weighted by Gasteiger charge is 2.08. The first kappa shape index (κ1) is 15.4. The standard InChI is InChI=1S/C8H16O2.C4H9NO/c1-3-4-5-6-7(2)8(9)10;1-3-6-4-2-5-1/h7H,3-6H2,1-2H3,(H,9,10);5H,1-4H2. The lowest BCUT2D eigenvalue weighted by molar-refractivity contribution is -0.141. The van der Waals surface area contributed by atoms with E-state index in [9.17, 15) is 4.79 Å². The first-order chi connectivity index (χ1) is 7.68. The van der Waals surface area contributed by atoms with Crippen LogP contribution in [0.15, 0.2) is 0 Å². The van der Waals surface area contributed by atoms with Crippen molar-refractivity contribution in [2.45, 2.75) is 39.5 Å². The fraction of sp³-hybridized carbons (Fsp3) is 0.917. The Labute approximate surface area is 98.4 Å². The van der Waals surface area contributed by atoms with Gasteiger partial charge in [-0.3, -0.25) is 4.79 Å². The van der Waals surface area contributed by atoms with Gasteiger partial charge in [-0.15, -0.1) is 0 Å². The second kappa shape index (κ2) is 10.9. The molecule has 0 radical (unpaired) electrons. The number of rotatable bonds is 5. The van der Waals surface area contributed by atoms with E-state index in [1.807, 2.05) is 0 Å². The third-order valence-electron chi connectivity index (χ3n) is 2.51. The second-order valence-electron chi connectivity index (χ2n) is 4.10. The molecule has 1 fully saturated rings. The minimum absolute atomic E-state index is 0.161. The van der Waals surface area contributed by atoms with Gasteiger partial charge >= 0.3 is 5.97 Å². The number of aliphatic carboxylic acids is 1. The summed E-state index contributed by atoms with van der Waals surface area (Å²) in [4.78, 5) is 10.3. The van der Waals surface area contributed by atoms with Gasteiger partial charge in [-0.25, -0.2) is 0 Å². The van der Waals surface area contributed by atoms with E-state index < -0.39 is 5.97 Å². The van der Waals surface area contributed by atoms with Crippen molar-refractivity contribution in [1.29, 1.82) is 0 Å². The van der Waals surface area contributed by atoms with Gasteiger partial charge in [0.05, 0.1) is 19.1 Å². The van der Waals surface area contributed by atoms with Crippen molar-refractivity contribution in [1.82, 2.24) is 5.32 Å². The molecule has 1 aliphatic heterocycles. The molecule has 1 unspecified atom stereocenters. The van der Waals surface area contributed by atoms with E-state index in [1.165, 1.54) is 0 Å². The lowest BCUT2D eigenvalue weighted by Gasteiger charge is -2.10. The van der Waals surface area contributed by atoms with Crippen LogP contribution in [0, 0.1) is 5.92 Å². The molecule has 0 spiro atoms. The van der Waals surface area contributed by atoms with Crippen LogP contribution < -0.4 is 5.32 Å². The zero-order valence-electron chi connectivity index (χ0n) is 10.5. The van der Waals surface area contributed by atoms with Gasteiger partial charge < -0.3 is 15.2 Å². The molecule has 0 aromatic heterocycles. The van der Waals surface area contributed by atoms with Crippen LogP contribution in [0.1, 0.15) is 39.5 Å². The molecule has 4 nitrogen and oxygen atoms in total. The number of hydrogen-bond donors (Lipinski definition) is 2. The summed E-state index contributed by atoms with van der Waals surface area (Å²) < 4.78 is 5.01. The van der Waals surface area contributed by atoms with Gasteiger partial charge in [-0.05, 0) is 6.42 Å². The summed E-state index contributed by atoms with van der Waals surface area (Å²) in [5, 5.41) is 11.6. The summed E-state index contributed by atoms with van der Waals surface area (Å²) in [5.74, 6) is -0.831. The monoisotopic (exact) mass is 231 g/mol. The van der Waals surface area contributed by atoms with E-state index in [2.05, 4.69) is 12.2 Å². The fourth-order valence-corrected chi connectivity index (χ4v) is 1.34. The van der Waals surface area contributed by atoms with Crippen molar-refractivity contribution in [3.63, 3.8) is 0 Å². The molecule has 96 valence electrons. The first-order valence-corrected chi connectivity index (χ1v) is 6.19. The highest BCUT2D eigenvalue weighted by atomic mass is 16.5. The molecular weight excluding hydrogens is 206 g/mol. The average molecular weight is 231 g/mol. The summed E-state index contributed by atoms with van der Waals surface area (Å²) >= 11 is 0. The molecule has 0 bridgehead atoms. The quantitative estimate of drug-likeness (QED) is 0.709. The number of nitrogens with one attached hydrogen (secondary N) is 1. The molecule has 1 atom stereocenters. The normalized spacial score (nSPS) is 17.1. The Morgan fingerprint density at radius 2 is 2.00 bits per heavy atom. The van der Waals surface area contributed by atoms with E-state index in [1.54, 1.807) is 6.92 Å². The van der Waals surface area contributed by atoms with E-state index >= 15 is 0 Å². The molecule has 0 aliphatic carbocycles. The molecular formula is C12H25NO3. The predicted octanol–water partition coefficient (Wildman–Crippen LogP) is 1.89. The molecule has 0 amide bonds. The molecule has 0 saturated carbocycles. The Morgan fingerprint density at radius 3 is 2.31 bits per heavy atom. The van der Waals surface area contributed by atoms with Crippen LogP contribution in [-0.4, -0.2) is 37.4 Å². The zero-order valence-corrected chi connectivity index (χ0v) is 10.5. The van der Waals surface area contributed by atoms with Crippen molar-refractivity contribution in [2.24, 2.45) is 5.92 Å². The lowest BCUT2D eigenvalue weighted by atomic mass is 10.0. The van der Waals surface area contributed by atoms with Crippen molar-refractivity contribution >= 4 is 5.97 Å². The van der Waals surface area contributed by atoms with Gasteiger partial charge in [0.25, 0.3) is 0 Å². The smallest absolute Gasteiger partial charge is 0.306 e. The summed E-state index contributed by atoms with van der Waals surface area (Å²) in [6, 6.07) is 0. The first-order valence-electron chi connectivity index (χ1n) is 6.19. The van der Waals surface area contributed by atoms with Gasteiger partial charge in [-0.2, -0.15) is 0 Å². The van der Waals surface area contributed by atoms with Gasteiger partial charge in [0.2, 0.25) is 0 Å². The Bertz CT molecular complexity index is 158. The summed E-state index contributed by atoms with van der Waals surface area (Å²) in [6.07, 6.45) is 4.18. The maximum absolute atomic E-state index is 10.3. The van der Waals surface area contributed by atoms with E-state index in [-0.39, 0.29) is 5.92 Å². The van der Waals surface area contributed by atoms with Crippen molar-refractivity contribution < 1.29 is 14.6 Å². The van der Waals surface area contributed by atoms with E-state index in [0.29, 0.717) is 0 Å². The summed E-state index contributed by atoms with van der Waals surface area (Å²) in [5.41, 5.74) is 0. The molecule has 4 heteroatoms. The minimum Gasteiger partial charge on any atom is -0.481 e. The molecule has 1 rings (SSSR count). The van der Waals surface area contributed by atoms with E-state index in [4.69, 9.17) is 9.84 Å². The van der Waals surface area contributed by atoms with Crippen molar-refractivity contribution in [3.05, 3.63) is 0 Å². The van der Waals surface area contributed by atoms with Crippen LogP contribution in [0.4, 0.5) is 0 Å². The second-order valence-corrected chi connectivity index (χ2v) is 4.10. The topological polar surface area (TPSA) is 58.6 Å². The Kier molecular flexibility index (Phi) is 10.5. The van der Waals surface area contributed by atoms with E-state index in [0.717, 1.165) is 52.0 Å². The van der Waals surface area contributed by atoms with Gasteiger partial charge in [0.15, 0.2) is 0 Å².